The molecule has 6 nitrogen and oxygen atoms in total. The number of likely N-dealkylation sites (N-methyl/N-ethyl adjacent to an activating group) is 2. The van der Waals surface area contributed by atoms with Crippen LogP contribution < -0.4 is 9.47 Å². The van der Waals surface area contributed by atoms with Gasteiger partial charge in [0.05, 0.1) is 26.6 Å². The Hall–Kier alpha value is -1.39. The molecule has 2 aromatic rings. The monoisotopic (exact) mass is 701 g/mol. The fourth-order valence-corrected chi connectivity index (χ4v) is 5.45. The Morgan fingerprint density at radius 1 is 0.811 bits per heavy atom. The SMILES string of the molecule is CN(C)CCCOc1ccc(C=CC(=O)N(C)CCCOc2c(Br)cc(CCN(C)C)cc2Br)cc1Br. The summed E-state index contributed by atoms with van der Waals surface area (Å²) in [6.07, 6.45) is 6.08. The van der Waals surface area contributed by atoms with Gasteiger partial charge >= 0.3 is 0 Å². The Morgan fingerprint density at radius 2 is 1.43 bits per heavy atom. The summed E-state index contributed by atoms with van der Waals surface area (Å²) in [4.78, 5) is 18.6. The van der Waals surface area contributed by atoms with Crippen molar-refractivity contribution >= 4 is 59.8 Å². The van der Waals surface area contributed by atoms with Crippen molar-refractivity contribution in [2.75, 3.05) is 68.1 Å². The van der Waals surface area contributed by atoms with E-state index in [0.717, 1.165) is 62.8 Å². The molecule has 0 unspecified atom stereocenters. The summed E-state index contributed by atoms with van der Waals surface area (Å²) in [5.41, 5.74) is 2.17. The van der Waals surface area contributed by atoms with E-state index in [9.17, 15) is 4.79 Å². The third-order valence-corrected chi connectivity index (χ3v) is 7.35. The number of nitrogens with zero attached hydrogens (tertiary/aromatic N) is 3. The van der Waals surface area contributed by atoms with E-state index in [4.69, 9.17) is 9.47 Å². The number of hydrogen-bond acceptors (Lipinski definition) is 5. The maximum absolute atomic E-state index is 12.6. The Kier molecular flexibility index (Phi) is 14.2. The van der Waals surface area contributed by atoms with Gasteiger partial charge in [-0.15, -0.1) is 0 Å². The predicted molar refractivity (Wildman–Crippen MR) is 164 cm³/mol. The zero-order valence-corrected chi connectivity index (χ0v) is 27.2. The Morgan fingerprint density at radius 3 is 2.05 bits per heavy atom. The lowest BCUT2D eigenvalue weighted by atomic mass is 10.1. The lowest BCUT2D eigenvalue weighted by Gasteiger charge is -2.17. The highest BCUT2D eigenvalue weighted by molar-refractivity contribution is 9.11. The summed E-state index contributed by atoms with van der Waals surface area (Å²) in [7, 11) is 10.0. The molecule has 0 saturated heterocycles. The summed E-state index contributed by atoms with van der Waals surface area (Å²) in [5.74, 6) is 1.55. The van der Waals surface area contributed by atoms with Gasteiger partial charge in [-0.2, -0.15) is 0 Å². The van der Waals surface area contributed by atoms with Gasteiger partial charge in [0.15, 0.2) is 0 Å². The average Bonchev–Trinajstić information content (AvgIpc) is 2.83. The summed E-state index contributed by atoms with van der Waals surface area (Å²) < 4.78 is 14.6. The molecule has 204 valence electrons. The first-order valence-electron chi connectivity index (χ1n) is 12.3. The van der Waals surface area contributed by atoms with E-state index in [-0.39, 0.29) is 5.91 Å². The fourth-order valence-electron chi connectivity index (χ4n) is 3.43. The first-order valence-corrected chi connectivity index (χ1v) is 14.7. The number of benzene rings is 2. The summed E-state index contributed by atoms with van der Waals surface area (Å²) in [6, 6.07) is 10.0. The van der Waals surface area contributed by atoms with E-state index in [1.165, 1.54) is 5.56 Å². The zero-order chi connectivity index (χ0) is 27.4. The number of ether oxygens (including phenoxy) is 2. The summed E-state index contributed by atoms with van der Waals surface area (Å²) in [5, 5.41) is 0. The molecule has 0 aliphatic carbocycles. The second-order valence-corrected chi connectivity index (χ2v) is 12.0. The normalized spacial score (nSPS) is 11.5. The third-order valence-electron chi connectivity index (χ3n) is 5.55. The molecule has 0 spiro atoms. The van der Waals surface area contributed by atoms with Crippen molar-refractivity contribution < 1.29 is 14.3 Å². The van der Waals surface area contributed by atoms with Crippen LogP contribution in [0.1, 0.15) is 24.0 Å². The van der Waals surface area contributed by atoms with Gasteiger partial charge in [-0.1, -0.05) is 6.07 Å². The Balaban J connectivity index is 1.78. The van der Waals surface area contributed by atoms with Crippen molar-refractivity contribution in [2.45, 2.75) is 19.3 Å². The number of hydrogen-bond donors (Lipinski definition) is 0. The molecule has 0 heterocycles. The minimum Gasteiger partial charge on any atom is -0.492 e. The van der Waals surface area contributed by atoms with Crippen molar-refractivity contribution in [3.05, 3.63) is 61.0 Å². The topological polar surface area (TPSA) is 45.3 Å². The minimum absolute atomic E-state index is 0.0484. The molecule has 37 heavy (non-hydrogen) atoms. The number of halogens is 3. The van der Waals surface area contributed by atoms with Crippen molar-refractivity contribution in [3.63, 3.8) is 0 Å². The molecule has 1 amide bonds. The fraction of sp³-hybridized carbons (Fsp3) is 0.464. The van der Waals surface area contributed by atoms with Gasteiger partial charge in [0.2, 0.25) is 5.91 Å². The van der Waals surface area contributed by atoms with E-state index in [1.807, 2.05) is 24.3 Å². The van der Waals surface area contributed by atoms with Crippen LogP contribution in [-0.4, -0.2) is 88.7 Å². The lowest BCUT2D eigenvalue weighted by molar-refractivity contribution is -0.124. The third kappa shape index (κ3) is 11.9. The standard InChI is InChI=1S/C28H38Br3N3O3/c1-32(2)13-6-16-36-26-10-8-21(18-23(26)29)9-11-27(35)34(5)14-7-17-37-28-24(30)19-22(20-25(28)31)12-15-33(3)4/h8-11,18-20H,6-7,12-17H2,1-5H3. The molecule has 0 saturated carbocycles. The molecule has 9 heteroatoms. The largest absolute Gasteiger partial charge is 0.492 e. The molecule has 0 N–H and O–H groups in total. The summed E-state index contributed by atoms with van der Waals surface area (Å²) >= 11 is 10.8. The van der Waals surface area contributed by atoms with Crippen LogP contribution in [0.15, 0.2) is 49.8 Å². The van der Waals surface area contributed by atoms with Crippen LogP contribution in [0.5, 0.6) is 11.5 Å². The maximum atomic E-state index is 12.6. The molecule has 0 fully saturated rings. The molecular formula is C28H38Br3N3O3. The van der Waals surface area contributed by atoms with Gasteiger partial charge in [0.25, 0.3) is 0 Å². The van der Waals surface area contributed by atoms with Crippen LogP contribution in [-0.2, 0) is 11.2 Å². The second-order valence-electron chi connectivity index (χ2n) is 9.43. The minimum atomic E-state index is -0.0484. The molecule has 0 bridgehead atoms. The van der Waals surface area contributed by atoms with Crippen molar-refractivity contribution in [1.82, 2.24) is 14.7 Å². The molecule has 2 aromatic carbocycles. The van der Waals surface area contributed by atoms with Crippen LogP contribution in [0.25, 0.3) is 6.08 Å². The molecule has 2 rings (SSSR count). The van der Waals surface area contributed by atoms with Gasteiger partial charge in [-0.05, 0) is 137 Å². The smallest absolute Gasteiger partial charge is 0.246 e. The van der Waals surface area contributed by atoms with E-state index >= 15 is 0 Å². The molecule has 0 aromatic heterocycles. The highest BCUT2D eigenvalue weighted by Crippen LogP contribution is 2.35. The van der Waals surface area contributed by atoms with Gasteiger partial charge in [0, 0.05) is 32.8 Å². The highest BCUT2D eigenvalue weighted by atomic mass is 79.9. The van der Waals surface area contributed by atoms with Crippen LogP contribution in [0.3, 0.4) is 0 Å². The Bertz CT molecular complexity index is 1020. The molecular weight excluding hydrogens is 666 g/mol. The van der Waals surface area contributed by atoms with E-state index < -0.39 is 0 Å². The zero-order valence-electron chi connectivity index (χ0n) is 22.4. The molecule has 0 aliphatic heterocycles. The van der Waals surface area contributed by atoms with Crippen LogP contribution >= 0.6 is 47.8 Å². The van der Waals surface area contributed by atoms with Gasteiger partial charge in [-0.25, -0.2) is 0 Å². The summed E-state index contributed by atoms with van der Waals surface area (Å²) in [6.45, 7) is 3.75. The van der Waals surface area contributed by atoms with Crippen LogP contribution in [0.2, 0.25) is 0 Å². The van der Waals surface area contributed by atoms with Gasteiger partial charge in [-0.3, -0.25) is 4.79 Å². The number of rotatable bonds is 15. The van der Waals surface area contributed by atoms with Gasteiger partial charge in [0.1, 0.15) is 11.5 Å². The van der Waals surface area contributed by atoms with Crippen molar-refractivity contribution in [2.24, 2.45) is 0 Å². The average molecular weight is 704 g/mol. The first kappa shape index (κ1) is 31.8. The van der Waals surface area contributed by atoms with Crippen LogP contribution in [0, 0.1) is 0 Å². The number of carbonyl (C=O) groups is 1. The predicted octanol–water partition coefficient (Wildman–Crippen LogP) is 6.35. The van der Waals surface area contributed by atoms with Crippen LogP contribution in [0.4, 0.5) is 0 Å². The lowest BCUT2D eigenvalue weighted by Crippen LogP contribution is -2.26. The second kappa shape index (κ2) is 16.5. The van der Waals surface area contributed by atoms with Gasteiger partial charge < -0.3 is 24.2 Å². The van der Waals surface area contributed by atoms with E-state index in [1.54, 1.807) is 18.0 Å². The van der Waals surface area contributed by atoms with Crippen molar-refractivity contribution in [1.29, 1.82) is 0 Å². The number of amides is 1. The molecule has 0 radical (unpaired) electrons. The maximum Gasteiger partial charge on any atom is 0.246 e. The molecule has 0 atom stereocenters. The van der Waals surface area contributed by atoms with Crippen molar-refractivity contribution in [3.8, 4) is 11.5 Å². The van der Waals surface area contributed by atoms with E-state index in [0.29, 0.717) is 19.8 Å². The first-order chi connectivity index (χ1) is 17.6. The number of carbonyl (C=O) groups excluding carboxylic acids is 1. The quantitative estimate of drug-likeness (QED) is 0.160. The van der Waals surface area contributed by atoms with E-state index in [2.05, 4.69) is 97.9 Å². The molecule has 0 aliphatic rings. The highest BCUT2D eigenvalue weighted by Gasteiger charge is 2.11. The Labute approximate surface area is 247 Å².